The molecular formula is C14H28N2O2. The molecule has 106 valence electrons. The Morgan fingerprint density at radius 3 is 2.56 bits per heavy atom. The molecule has 0 spiro atoms. The minimum Gasteiger partial charge on any atom is -0.468 e. The molecule has 1 aliphatic heterocycles. The second kappa shape index (κ2) is 8.48. The summed E-state index contributed by atoms with van der Waals surface area (Å²) in [5.41, 5.74) is 0. The molecule has 18 heavy (non-hydrogen) atoms. The zero-order chi connectivity index (χ0) is 13.4. The molecule has 1 saturated heterocycles. The summed E-state index contributed by atoms with van der Waals surface area (Å²) in [5.74, 6) is 0.421. The molecule has 4 nitrogen and oxygen atoms in total. The van der Waals surface area contributed by atoms with Crippen molar-refractivity contribution in [3.8, 4) is 0 Å². The third-order valence-electron chi connectivity index (χ3n) is 3.63. The van der Waals surface area contributed by atoms with Gasteiger partial charge in [-0.1, -0.05) is 20.3 Å². The Balaban J connectivity index is 2.22. The van der Waals surface area contributed by atoms with Crippen molar-refractivity contribution in [3.63, 3.8) is 0 Å². The van der Waals surface area contributed by atoms with E-state index >= 15 is 0 Å². The minimum atomic E-state index is -0.154. The van der Waals surface area contributed by atoms with Gasteiger partial charge in [0.2, 0.25) is 0 Å². The van der Waals surface area contributed by atoms with Gasteiger partial charge < -0.3 is 15.0 Å². The van der Waals surface area contributed by atoms with Crippen LogP contribution < -0.4 is 5.32 Å². The zero-order valence-corrected chi connectivity index (χ0v) is 12.1. The number of carbonyl (C=O) groups is 1. The number of hydrogen-bond acceptors (Lipinski definition) is 4. The van der Waals surface area contributed by atoms with Crippen LogP contribution in [0.2, 0.25) is 0 Å². The monoisotopic (exact) mass is 256 g/mol. The number of nitrogens with zero attached hydrogens (tertiary/aromatic N) is 1. The van der Waals surface area contributed by atoms with Gasteiger partial charge in [0.25, 0.3) is 0 Å². The molecule has 0 amide bonds. The molecule has 4 heteroatoms. The summed E-state index contributed by atoms with van der Waals surface area (Å²) in [6.07, 6.45) is 4.83. The zero-order valence-electron chi connectivity index (χ0n) is 12.1. The van der Waals surface area contributed by atoms with E-state index < -0.39 is 0 Å². The van der Waals surface area contributed by atoms with Crippen LogP contribution in [0, 0.1) is 5.92 Å². The highest BCUT2D eigenvalue weighted by Gasteiger charge is 2.18. The van der Waals surface area contributed by atoms with Gasteiger partial charge in [-0.05, 0) is 44.8 Å². The van der Waals surface area contributed by atoms with Gasteiger partial charge in [0.1, 0.15) is 6.04 Å². The smallest absolute Gasteiger partial charge is 0.322 e. The lowest BCUT2D eigenvalue weighted by Gasteiger charge is -2.29. The van der Waals surface area contributed by atoms with E-state index in [1.165, 1.54) is 39.5 Å². The second-order valence-electron chi connectivity index (χ2n) is 5.36. The predicted molar refractivity (Wildman–Crippen MR) is 73.6 cm³/mol. The summed E-state index contributed by atoms with van der Waals surface area (Å²) in [6.45, 7) is 8.72. The summed E-state index contributed by atoms with van der Waals surface area (Å²) in [5, 5.41) is 3.31. The fourth-order valence-corrected chi connectivity index (χ4v) is 2.53. The van der Waals surface area contributed by atoms with Crippen LogP contribution in [0.3, 0.4) is 0 Å². The van der Waals surface area contributed by atoms with Gasteiger partial charge in [0, 0.05) is 6.54 Å². The highest BCUT2D eigenvalue weighted by molar-refractivity contribution is 5.75. The number of esters is 1. The first kappa shape index (κ1) is 15.4. The first-order valence-corrected chi connectivity index (χ1v) is 7.21. The molecule has 1 aliphatic rings. The van der Waals surface area contributed by atoms with Crippen LogP contribution in [0.1, 0.15) is 39.5 Å². The predicted octanol–water partition coefficient (Wildman–Crippen LogP) is 1.65. The average molecular weight is 256 g/mol. The normalized spacial score (nSPS) is 20.4. The van der Waals surface area contributed by atoms with Gasteiger partial charge in [-0.3, -0.25) is 4.79 Å². The Hall–Kier alpha value is -0.610. The molecule has 0 aromatic heterocycles. The number of hydrogen-bond donors (Lipinski definition) is 1. The van der Waals surface area contributed by atoms with Crippen molar-refractivity contribution in [2.75, 3.05) is 33.3 Å². The van der Waals surface area contributed by atoms with E-state index in [0.29, 0.717) is 5.92 Å². The maximum atomic E-state index is 11.5. The lowest BCUT2D eigenvalue weighted by molar-refractivity contribution is -0.143. The van der Waals surface area contributed by atoms with Gasteiger partial charge >= 0.3 is 5.97 Å². The van der Waals surface area contributed by atoms with Crippen molar-refractivity contribution in [2.45, 2.75) is 45.6 Å². The van der Waals surface area contributed by atoms with Crippen LogP contribution in [0.4, 0.5) is 0 Å². The quantitative estimate of drug-likeness (QED) is 0.703. The molecule has 2 unspecified atom stereocenters. The molecular weight excluding hydrogens is 228 g/mol. The number of methoxy groups -OCH3 is 1. The third kappa shape index (κ3) is 5.36. The third-order valence-corrected chi connectivity index (χ3v) is 3.63. The molecule has 1 N–H and O–H groups in total. The number of rotatable bonds is 7. The van der Waals surface area contributed by atoms with Crippen molar-refractivity contribution < 1.29 is 9.53 Å². The number of piperidine rings is 1. The van der Waals surface area contributed by atoms with Crippen LogP contribution in [0.25, 0.3) is 0 Å². The molecule has 0 aromatic carbocycles. The number of likely N-dealkylation sites (tertiary alicyclic amines) is 1. The van der Waals surface area contributed by atoms with Crippen LogP contribution in [-0.2, 0) is 9.53 Å². The highest BCUT2D eigenvalue weighted by atomic mass is 16.5. The highest BCUT2D eigenvalue weighted by Crippen LogP contribution is 2.10. The van der Waals surface area contributed by atoms with E-state index in [-0.39, 0.29) is 12.0 Å². The summed E-state index contributed by atoms with van der Waals surface area (Å²) < 4.78 is 4.77. The van der Waals surface area contributed by atoms with Gasteiger partial charge in [-0.15, -0.1) is 0 Å². The maximum Gasteiger partial charge on any atom is 0.322 e. The lowest BCUT2D eigenvalue weighted by atomic mass is 10.1. The molecule has 1 heterocycles. The van der Waals surface area contributed by atoms with Crippen LogP contribution in [0.5, 0.6) is 0 Å². The average Bonchev–Trinajstić information content (AvgIpc) is 2.40. The number of ether oxygens (including phenoxy) is 1. The summed E-state index contributed by atoms with van der Waals surface area (Å²) in [7, 11) is 1.45. The summed E-state index contributed by atoms with van der Waals surface area (Å²) >= 11 is 0. The molecule has 0 bridgehead atoms. The molecule has 0 aromatic rings. The Morgan fingerprint density at radius 2 is 2.00 bits per heavy atom. The summed E-state index contributed by atoms with van der Waals surface area (Å²) in [4.78, 5) is 14.0. The first-order chi connectivity index (χ1) is 8.67. The molecule has 0 aliphatic carbocycles. The van der Waals surface area contributed by atoms with E-state index in [4.69, 9.17) is 4.74 Å². The summed E-state index contributed by atoms with van der Waals surface area (Å²) in [6, 6.07) is -0.154. The van der Waals surface area contributed by atoms with E-state index in [9.17, 15) is 4.79 Å². The van der Waals surface area contributed by atoms with E-state index in [2.05, 4.69) is 17.1 Å². The second-order valence-corrected chi connectivity index (χ2v) is 5.36. The fraction of sp³-hybridized carbons (Fsp3) is 0.929. The Morgan fingerprint density at radius 1 is 1.33 bits per heavy atom. The fourth-order valence-electron chi connectivity index (χ4n) is 2.53. The van der Waals surface area contributed by atoms with E-state index in [0.717, 1.165) is 19.5 Å². The van der Waals surface area contributed by atoms with Crippen LogP contribution in [-0.4, -0.2) is 50.2 Å². The molecule has 0 radical (unpaired) electrons. The first-order valence-electron chi connectivity index (χ1n) is 7.21. The van der Waals surface area contributed by atoms with Crippen molar-refractivity contribution in [3.05, 3.63) is 0 Å². The Kier molecular flexibility index (Phi) is 7.28. The number of carbonyl (C=O) groups excluding carboxylic acids is 1. The van der Waals surface area contributed by atoms with Crippen LogP contribution >= 0.6 is 0 Å². The van der Waals surface area contributed by atoms with Crippen LogP contribution in [0.15, 0.2) is 0 Å². The standard InChI is InChI=1S/C14H28N2O2/c1-4-13(14(17)18-3)15-10-12(2)11-16-8-6-5-7-9-16/h12-13,15H,4-11H2,1-3H3. The largest absolute Gasteiger partial charge is 0.468 e. The van der Waals surface area contributed by atoms with Gasteiger partial charge in [0.15, 0.2) is 0 Å². The SMILES string of the molecule is CCC(NCC(C)CN1CCCCC1)C(=O)OC. The van der Waals surface area contributed by atoms with E-state index in [1.807, 2.05) is 6.92 Å². The minimum absolute atomic E-state index is 0.150. The molecule has 1 fully saturated rings. The Labute approximate surface area is 111 Å². The van der Waals surface area contributed by atoms with Crippen molar-refractivity contribution in [1.29, 1.82) is 0 Å². The maximum absolute atomic E-state index is 11.5. The van der Waals surface area contributed by atoms with Gasteiger partial charge in [0.05, 0.1) is 7.11 Å². The van der Waals surface area contributed by atoms with Gasteiger partial charge in [-0.2, -0.15) is 0 Å². The molecule has 0 saturated carbocycles. The van der Waals surface area contributed by atoms with Gasteiger partial charge in [-0.25, -0.2) is 0 Å². The molecule has 1 rings (SSSR count). The topological polar surface area (TPSA) is 41.6 Å². The van der Waals surface area contributed by atoms with Crippen molar-refractivity contribution in [2.24, 2.45) is 5.92 Å². The van der Waals surface area contributed by atoms with E-state index in [1.54, 1.807) is 0 Å². The Bertz CT molecular complexity index is 240. The van der Waals surface area contributed by atoms with Crippen molar-refractivity contribution >= 4 is 5.97 Å². The van der Waals surface area contributed by atoms with Crippen molar-refractivity contribution in [1.82, 2.24) is 10.2 Å². The number of nitrogens with one attached hydrogen (secondary N) is 1. The lowest BCUT2D eigenvalue weighted by Crippen LogP contribution is -2.42. The molecule has 2 atom stereocenters.